The predicted molar refractivity (Wildman–Crippen MR) is 88.7 cm³/mol. The lowest BCUT2D eigenvalue weighted by atomic mass is 10.3. The molecule has 1 aromatic heterocycles. The Bertz CT molecular complexity index is 749. The highest BCUT2D eigenvalue weighted by Gasteiger charge is 2.11. The summed E-state index contributed by atoms with van der Waals surface area (Å²) >= 11 is 1.41. The fraction of sp³-hybridized carbons (Fsp3) is 0.133. The number of thioether (sulfide) groups is 1. The lowest BCUT2D eigenvalue weighted by molar-refractivity contribution is 0.471. The maximum Gasteiger partial charge on any atom is 0.224 e. The fourth-order valence-electron chi connectivity index (χ4n) is 2.08. The van der Waals surface area contributed by atoms with E-state index in [-0.39, 0.29) is 11.8 Å². The minimum absolute atomic E-state index is 0.206. The van der Waals surface area contributed by atoms with E-state index in [0.717, 1.165) is 0 Å². The maximum absolute atomic E-state index is 13.8. The van der Waals surface area contributed by atoms with E-state index in [1.807, 2.05) is 23.6 Å². The van der Waals surface area contributed by atoms with Crippen LogP contribution in [0.2, 0.25) is 0 Å². The van der Waals surface area contributed by atoms with Gasteiger partial charge >= 0.3 is 0 Å². The maximum atomic E-state index is 13.8. The molecule has 1 aliphatic heterocycles. The molecule has 2 aromatic rings. The van der Waals surface area contributed by atoms with Crippen LogP contribution in [0.5, 0.6) is 0 Å². The average molecular weight is 330 g/mol. The summed E-state index contributed by atoms with van der Waals surface area (Å²) in [7, 11) is 0. The minimum atomic E-state index is -0.273. The Morgan fingerprint density at radius 3 is 2.52 bits per heavy atom. The Balaban J connectivity index is 1.71. The molecule has 8 heteroatoms. The molecule has 0 fully saturated rings. The second-order valence-electron chi connectivity index (χ2n) is 4.72. The molecule has 23 heavy (non-hydrogen) atoms. The van der Waals surface area contributed by atoms with Crippen LogP contribution in [0.15, 0.2) is 54.2 Å². The molecule has 0 atom stereocenters. The van der Waals surface area contributed by atoms with Crippen molar-refractivity contribution in [2.45, 2.75) is 11.7 Å². The topological polar surface area (TPSA) is 71.2 Å². The summed E-state index contributed by atoms with van der Waals surface area (Å²) in [4.78, 5) is 16.1. The molecule has 2 N–H and O–H groups in total. The average Bonchev–Trinajstić information content (AvgIpc) is 2.55. The largest absolute Gasteiger partial charge is 0.368 e. The summed E-state index contributed by atoms with van der Waals surface area (Å²) in [6.07, 6.45) is 9.08. The van der Waals surface area contributed by atoms with Crippen molar-refractivity contribution in [3.8, 4) is 0 Å². The van der Waals surface area contributed by atoms with Gasteiger partial charge in [-0.05, 0) is 18.4 Å². The van der Waals surface area contributed by atoms with Gasteiger partial charge in [0.05, 0.1) is 12.2 Å². The molecule has 1 aromatic carbocycles. The van der Waals surface area contributed by atoms with Crippen molar-refractivity contribution in [1.29, 1.82) is 0 Å². The highest BCUT2D eigenvalue weighted by atomic mass is 32.2. The predicted octanol–water partition coefficient (Wildman–Crippen LogP) is 2.58. The van der Waals surface area contributed by atoms with Crippen molar-refractivity contribution in [1.82, 2.24) is 19.9 Å². The Labute approximate surface area is 137 Å². The van der Waals surface area contributed by atoms with E-state index in [0.29, 0.717) is 23.2 Å². The number of halogens is 1. The Morgan fingerprint density at radius 1 is 1.09 bits per heavy atom. The van der Waals surface area contributed by atoms with Crippen molar-refractivity contribution in [3.05, 3.63) is 60.7 Å². The van der Waals surface area contributed by atoms with Crippen LogP contribution in [0.25, 0.3) is 0 Å². The molecule has 3 rings (SSSR count). The molecule has 0 radical (unpaired) electrons. The van der Waals surface area contributed by atoms with E-state index in [1.54, 1.807) is 35.5 Å². The summed E-state index contributed by atoms with van der Waals surface area (Å²) in [5.41, 5.74) is 6.17. The Morgan fingerprint density at radius 2 is 1.83 bits per heavy atom. The summed E-state index contributed by atoms with van der Waals surface area (Å²) < 4.78 is 13.8. The molecule has 0 spiro atoms. The fourth-order valence-corrected chi connectivity index (χ4v) is 2.46. The number of nitrogen functional groups attached to an aromatic ring is 1. The van der Waals surface area contributed by atoms with Gasteiger partial charge in [-0.3, -0.25) is 0 Å². The standard InChI is InChI=1S/C15H15FN6S/c1-23-15-19-13(18-14(17)20-15)10-21-6-8-22(9-7-21)12-5-3-2-4-11(12)16/h2-9H,10H2,1H3,(H2,17,18,19,20). The number of nitrogens with zero attached hydrogens (tertiary/aromatic N) is 5. The van der Waals surface area contributed by atoms with Crippen LogP contribution in [-0.2, 0) is 6.54 Å². The van der Waals surface area contributed by atoms with Crippen molar-refractivity contribution in [2.75, 3.05) is 16.9 Å². The third-order valence-corrected chi connectivity index (χ3v) is 3.70. The molecule has 0 aliphatic carbocycles. The number of anilines is 2. The van der Waals surface area contributed by atoms with Crippen LogP contribution >= 0.6 is 11.8 Å². The van der Waals surface area contributed by atoms with Crippen molar-refractivity contribution >= 4 is 23.4 Å². The van der Waals surface area contributed by atoms with Crippen molar-refractivity contribution in [2.24, 2.45) is 0 Å². The molecule has 118 valence electrons. The number of hydrogen-bond acceptors (Lipinski definition) is 7. The SMILES string of the molecule is CSc1nc(N)nc(CN2C=CN(c3ccccc3F)C=C2)n1. The van der Waals surface area contributed by atoms with Crippen LogP contribution < -0.4 is 10.6 Å². The van der Waals surface area contributed by atoms with Crippen LogP contribution in [-0.4, -0.2) is 26.1 Å². The first-order valence-electron chi connectivity index (χ1n) is 6.85. The zero-order valence-electron chi connectivity index (χ0n) is 12.4. The van der Waals surface area contributed by atoms with Crippen LogP contribution in [0.1, 0.15) is 5.82 Å². The quantitative estimate of drug-likeness (QED) is 0.864. The molecule has 2 heterocycles. The van der Waals surface area contributed by atoms with E-state index < -0.39 is 0 Å². The highest BCUT2D eigenvalue weighted by molar-refractivity contribution is 7.98. The monoisotopic (exact) mass is 330 g/mol. The zero-order valence-corrected chi connectivity index (χ0v) is 13.2. The first kappa shape index (κ1) is 15.3. The Kier molecular flexibility index (Phi) is 4.42. The highest BCUT2D eigenvalue weighted by Crippen LogP contribution is 2.22. The van der Waals surface area contributed by atoms with Crippen LogP contribution in [0, 0.1) is 5.82 Å². The normalized spacial score (nSPS) is 13.7. The first-order chi connectivity index (χ1) is 11.2. The van der Waals surface area contributed by atoms with Gasteiger partial charge in [0.15, 0.2) is 11.0 Å². The number of nitrogens with two attached hydrogens (primary N) is 1. The third kappa shape index (κ3) is 3.59. The number of rotatable bonds is 4. The minimum Gasteiger partial charge on any atom is -0.368 e. The molecule has 0 bridgehead atoms. The van der Waals surface area contributed by atoms with Gasteiger partial charge in [-0.25, -0.2) is 9.37 Å². The lowest BCUT2D eigenvalue weighted by Crippen LogP contribution is -2.21. The third-order valence-electron chi connectivity index (χ3n) is 3.15. The van der Waals surface area contributed by atoms with E-state index in [1.165, 1.54) is 17.8 Å². The molecule has 0 amide bonds. The molecular formula is C15H15FN6S. The summed E-state index contributed by atoms with van der Waals surface area (Å²) in [5.74, 6) is 0.512. The van der Waals surface area contributed by atoms with Gasteiger partial charge in [0, 0.05) is 24.8 Å². The van der Waals surface area contributed by atoms with Gasteiger partial charge in [-0.15, -0.1) is 0 Å². The van der Waals surface area contributed by atoms with Gasteiger partial charge in [-0.1, -0.05) is 23.9 Å². The smallest absolute Gasteiger partial charge is 0.224 e. The van der Waals surface area contributed by atoms with Gasteiger partial charge in [0.25, 0.3) is 0 Å². The molecular weight excluding hydrogens is 315 g/mol. The number of para-hydroxylation sites is 1. The van der Waals surface area contributed by atoms with Crippen molar-refractivity contribution < 1.29 is 4.39 Å². The number of hydrogen-bond donors (Lipinski definition) is 1. The van der Waals surface area contributed by atoms with Gasteiger partial charge in [0.2, 0.25) is 5.95 Å². The molecule has 0 saturated heterocycles. The van der Waals surface area contributed by atoms with Gasteiger partial charge < -0.3 is 15.5 Å². The second kappa shape index (κ2) is 6.66. The Hall–Kier alpha value is -2.61. The van der Waals surface area contributed by atoms with Crippen LogP contribution in [0.3, 0.4) is 0 Å². The molecule has 1 aliphatic rings. The summed E-state index contributed by atoms with van der Waals surface area (Å²) in [6, 6.07) is 6.61. The molecule has 6 nitrogen and oxygen atoms in total. The first-order valence-corrected chi connectivity index (χ1v) is 8.08. The summed E-state index contributed by atoms with van der Waals surface area (Å²) in [6.45, 7) is 0.457. The van der Waals surface area contributed by atoms with E-state index in [9.17, 15) is 4.39 Å². The lowest BCUT2D eigenvalue weighted by Gasteiger charge is -2.24. The van der Waals surface area contributed by atoms with Gasteiger partial charge in [0.1, 0.15) is 5.82 Å². The van der Waals surface area contributed by atoms with Gasteiger partial charge in [-0.2, -0.15) is 9.97 Å². The van der Waals surface area contributed by atoms with E-state index in [4.69, 9.17) is 5.73 Å². The van der Waals surface area contributed by atoms with Crippen molar-refractivity contribution in [3.63, 3.8) is 0 Å². The van der Waals surface area contributed by atoms with Crippen LogP contribution in [0.4, 0.5) is 16.0 Å². The molecule has 0 saturated carbocycles. The summed E-state index contributed by atoms with van der Waals surface area (Å²) in [5, 5.41) is 0.588. The number of benzene rings is 1. The zero-order chi connectivity index (χ0) is 16.2. The van der Waals surface area contributed by atoms with E-state index in [2.05, 4.69) is 15.0 Å². The van der Waals surface area contributed by atoms with E-state index >= 15 is 0 Å². The molecule has 0 unspecified atom stereocenters. The number of aromatic nitrogens is 3. The second-order valence-corrected chi connectivity index (χ2v) is 5.50.